The third kappa shape index (κ3) is 10.7. The largest absolute Gasteiger partial charge is 0.481 e. The molecule has 0 radical (unpaired) electrons. The highest BCUT2D eigenvalue weighted by molar-refractivity contribution is 5.84. The van der Waals surface area contributed by atoms with Crippen LogP contribution in [0.5, 0.6) is 0 Å². The molecule has 0 bridgehead atoms. The Labute approximate surface area is 277 Å². The molecule has 5 saturated carbocycles. The predicted molar refractivity (Wildman–Crippen MR) is 179 cm³/mol. The van der Waals surface area contributed by atoms with Crippen molar-refractivity contribution >= 4 is 17.8 Å². The number of hydroxylamine groups is 1. The summed E-state index contributed by atoms with van der Waals surface area (Å²) in [5.74, 6) is 0.722. The number of carboxylic acids is 2. The second-order valence-electron chi connectivity index (χ2n) is 16.3. The van der Waals surface area contributed by atoms with Crippen LogP contribution in [0.15, 0.2) is 0 Å². The van der Waals surface area contributed by atoms with Crippen molar-refractivity contribution in [3.63, 3.8) is 0 Å². The quantitative estimate of drug-likeness (QED) is 0.113. The molecule has 0 aromatic rings. The SMILES string of the molecule is O=C(O)C1CC(CC2CCCCC2)CCC1NOCCC1CCC(CNC(=O)C2CCC(CC3CCCCC3)CC2C(=O)O)CC1. The van der Waals surface area contributed by atoms with Gasteiger partial charge in [0, 0.05) is 12.6 Å². The molecule has 46 heavy (non-hydrogen) atoms. The van der Waals surface area contributed by atoms with Gasteiger partial charge in [-0.2, -0.15) is 5.48 Å². The van der Waals surface area contributed by atoms with E-state index in [4.69, 9.17) is 4.84 Å². The molecule has 0 aromatic heterocycles. The zero-order valence-electron chi connectivity index (χ0n) is 28.5. The van der Waals surface area contributed by atoms with E-state index in [1.807, 2.05) is 0 Å². The van der Waals surface area contributed by atoms with Gasteiger partial charge in [-0.15, -0.1) is 0 Å². The summed E-state index contributed by atoms with van der Waals surface area (Å²) >= 11 is 0. The topological polar surface area (TPSA) is 125 Å². The molecule has 0 heterocycles. The Hall–Kier alpha value is -1.67. The van der Waals surface area contributed by atoms with Crippen molar-refractivity contribution in [2.45, 2.75) is 154 Å². The minimum absolute atomic E-state index is 0.0483. The first-order chi connectivity index (χ1) is 22.4. The second-order valence-corrected chi connectivity index (χ2v) is 16.3. The molecule has 5 aliphatic carbocycles. The Morgan fingerprint density at radius 2 is 1.07 bits per heavy atom. The monoisotopic (exact) mass is 644 g/mol. The summed E-state index contributed by atoms with van der Waals surface area (Å²) in [7, 11) is 0. The van der Waals surface area contributed by atoms with E-state index in [1.54, 1.807) is 0 Å². The van der Waals surface area contributed by atoms with Crippen molar-refractivity contribution in [3.8, 4) is 0 Å². The Balaban J connectivity index is 0.944. The maximum atomic E-state index is 13.2. The number of nitrogens with one attached hydrogen (secondary N) is 2. The standard InChI is InChI=1S/C38H64N2O6/c41-36(32-17-15-30(23-33(32)37(42)43)21-27-7-3-1-4-8-27)39-25-29-13-11-26(12-14-29)19-20-46-40-35-18-16-31(24-34(35)38(44)45)22-28-9-5-2-6-10-28/h26-35,40H,1-25H2,(H,39,41)(H,42,43)(H,44,45). The normalized spacial score (nSPS) is 35.0. The van der Waals surface area contributed by atoms with E-state index in [9.17, 15) is 24.6 Å². The van der Waals surface area contributed by atoms with Crippen LogP contribution in [0.25, 0.3) is 0 Å². The zero-order valence-corrected chi connectivity index (χ0v) is 28.5. The van der Waals surface area contributed by atoms with Crippen LogP contribution in [-0.2, 0) is 19.2 Å². The van der Waals surface area contributed by atoms with Crippen molar-refractivity contribution in [2.75, 3.05) is 13.2 Å². The average molecular weight is 645 g/mol. The van der Waals surface area contributed by atoms with Crippen molar-refractivity contribution in [2.24, 2.45) is 53.3 Å². The van der Waals surface area contributed by atoms with E-state index in [0.717, 1.165) is 76.0 Å². The van der Waals surface area contributed by atoms with Crippen LogP contribution >= 0.6 is 0 Å². The number of aliphatic carboxylic acids is 2. The van der Waals surface area contributed by atoms with Gasteiger partial charge < -0.3 is 20.4 Å². The molecule has 0 aromatic carbocycles. The molecule has 6 unspecified atom stereocenters. The van der Waals surface area contributed by atoms with Crippen molar-refractivity contribution in [1.29, 1.82) is 0 Å². The Morgan fingerprint density at radius 1 is 0.543 bits per heavy atom. The van der Waals surface area contributed by atoms with Gasteiger partial charge in [-0.25, -0.2) is 0 Å². The third-order valence-corrected chi connectivity index (χ3v) is 13.1. The van der Waals surface area contributed by atoms with E-state index in [0.29, 0.717) is 49.7 Å². The molecule has 6 atom stereocenters. The molecule has 5 fully saturated rings. The molecule has 1 amide bonds. The minimum atomic E-state index is -0.800. The van der Waals surface area contributed by atoms with Crippen molar-refractivity contribution < 1.29 is 29.4 Å². The Bertz CT molecular complexity index is 955. The summed E-state index contributed by atoms with van der Waals surface area (Å²) in [4.78, 5) is 43.3. The molecule has 8 heteroatoms. The lowest BCUT2D eigenvalue weighted by Crippen LogP contribution is -2.44. The van der Waals surface area contributed by atoms with E-state index < -0.39 is 23.8 Å². The molecule has 0 saturated heterocycles. The number of hydrogen-bond donors (Lipinski definition) is 4. The number of hydrogen-bond acceptors (Lipinski definition) is 5. The van der Waals surface area contributed by atoms with Gasteiger partial charge in [0.25, 0.3) is 0 Å². The van der Waals surface area contributed by atoms with Crippen LogP contribution in [0, 0.1) is 53.3 Å². The fourth-order valence-electron chi connectivity index (χ4n) is 10.2. The van der Waals surface area contributed by atoms with Gasteiger partial charge in [0.15, 0.2) is 0 Å². The fraction of sp³-hybridized carbons (Fsp3) is 0.921. The molecule has 0 aliphatic heterocycles. The molecule has 0 spiro atoms. The first-order valence-corrected chi connectivity index (χ1v) is 19.5. The van der Waals surface area contributed by atoms with E-state index in [1.165, 1.54) is 70.6 Å². The van der Waals surface area contributed by atoms with Gasteiger partial charge >= 0.3 is 11.9 Å². The second kappa shape index (κ2) is 18.2. The van der Waals surface area contributed by atoms with E-state index in [-0.39, 0.29) is 17.9 Å². The number of rotatable bonds is 14. The van der Waals surface area contributed by atoms with E-state index in [2.05, 4.69) is 10.8 Å². The summed E-state index contributed by atoms with van der Waals surface area (Å²) in [6.45, 7) is 1.25. The number of amides is 1. The predicted octanol–water partition coefficient (Wildman–Crippen LogP) is 7.75. The maximum Gasteiger partial charge on any atom is 0.308 e. The van der Waals surface area contributed by atoms with Crippen LogP contribution in [0.3, 0.4) is 0 Å². The van der Waals surface area contributed by atoms with Crippen molar-refractivity contribution in [1.82, 2.24) is 10.8 Å². The number of carbonyl (C=O) groups is 3. The average Bonchev–Trinajstić information content (AvgIpc) is 3.07. The van der Waals surface area contributed by atoms with Crippen LogP contribution in [0.2, 0.25) is 0 Å². The lowest BCUT2D eigenvalue weighted by Gasteiger charge is -2.36. The van der Waals surface area contributed by atoms with Gasteiger partial charge in [0.1, 0.15) is 0 Å². The van der Waals surface area contributed by atoms with Crippen molar-refractivity contribution in [3.05, 3.63) is 0 Å². The molecule has 4 N–H and O–H groups in total. The number of carboxylic acid groups (broad SMARTS) is 2. The van der Waals surface area contributed by atoms with Gasteiger partial charge in [-0.3, -0.25) is 14.4 Å². The van der Waals surface area contributed by atoms with Crippen LogP contribution in [-0.4, -0.2) is 47.3 Å². The minimum Gasteiger partial charge on any atom is -0.481 e. The van der Waals surface area contributed by atoms with Crippen LogP contribution < -0.4 is 10.8 Å². The van der Waals surface area contributed by atoms with Gasteiger partial charge in [0.05, 0.1) is 24.4 Å². The Kier molecular flexibility index (Phi) is 14.1. The highest BCUT2D eigenvalue weighted by Crippen LogP contribution is 2.41. The summed E-state index contributed by atoms with van der Waals surface area (Å²) < 4.78 is 0. The fourth-order valence-corrected chi connectivity index (χ4v) is 10.2. The first-order valence-electron chi connectivity index (χ1n) is 19.5. The highest BCUT2D eigenvalue weighted by atomic mass is 16.6. The van der Waals surface area contributed by atoms with Crippen LogP contribution in [0.4, 0.5) is 0 Å². The lowest BCUT2D eigenvalue weighted by atomic mass is 9.69. The van der Waals surface area contributed by atoms with Gasteiger partial charge in [0.2, 0.25) is 5.91 Å². The smallest absolute Gasteiger partial charge is 0.308 e. The lowest BCUT2D eigenvalue weighted by molar-refractivity contribution is -0.150. The first kappa shape index (κ1) is 35.6. The summed E-state index contributed by atoms with van der Waals surface area (Å²) in [6, 6.07) is -0.105. The maximum absolute atomic E-state index is 13.2. The number of carbonyl (C=O) groups excluding carboxylic acids is 1. The molecule has 262 valence electrons. The summed E-state index contributed by atoms with van der Waals surface area (Å²) in [6.07, 6.45) is 26.0. The van der Waals surface area contributed by atoms with Crippen LogP contribution in [0.1, 0.15) is 148 Å². The molecule has 8 nitrogen and oxygen atoms in total. The third-order valence-electron chi connectivity index (χ3n) is 13.1. The van der Waals surface area contributed by atoms with Gasteiger partial charge in [-0.1, -0.05) is 77.0 Å². The van der Waals surface area contributed by atoms with E-state index >= 15 is 0 Å². The highest BCUT2D eigenvalue weighted by Gasteiger charge is 2.40. The Morgan fingerprint density at radius 3 is 1.65 bits per heavy atom. The molecule has 5 aliphatic rings. The summed E-state index contributed by atoms with van der Waals surface area (Å²) in [5, 5.41) is 23.1. The van der Waals surface area contributed by atoms with Gasteiger partial charge in [-0.05, 0) is 106 Å². The molecular formula is C38H64N2O6. The molecular weight excluding hydrogens is 580 g/mol. The zero-order chi connectivity index (χ0) is 32.3. The molecule has 5 rings (SSSR count). The summed E-state index contributed by atoms with van der Waals surface area (Å²) in [5.41, 5.74) is 3.15.